The van der Waals surface area contributed by atoms with Gasteiger partial charge in [-0.3, -0.25) is 0 Å². The zero-order valence-electron chi connectivity index (χ0n) is 14.7. The minimum Gasteiger partial charge on any atom is -0.469 e. The van der Waals surface area contributed by atoms with Crippen LogP contribution in [0.4, 0.5) is 4.79 Å². The molecule has 0 aromatic carbocycles. The standard InChI is InChI=1S/C18H30N2O3/c1-13(11-15-8-6-10-22-15)20-16-9-5-7-14(16)12-19-17(21)23-18(2,3)4/h6,8,10,13-14,16,20H,5,7,9,11-12H2,1-4H3,(H,19,21). The number of nitrogens with one attached hydrogen (secondary N) is 2. The highest BCUT2D eigenvalue weighted by Gasteiger charge is 2.29. The highest BCUT2D eigenvalue weighted by molar-refractivity contribution is 5.67. The van der Waals surface area contributed by atoms with Crippen LogP contribution >= 0.6 is 0 Å². The fraction of sp³-hybridized carbons (Fsp3) is 0.722. The summed E-state index contributed by atoms with van der Waals surface area (Å²) in [5.41, 5.74) is -0.449. The van der Waals surface area contributed by atoms with E-state index in [9.17, 15) is 4.79 Å². The van der Waals surface area contributed by atoms with Crippen molar-refractivity contribution in [3.63, 3.8) is 0 Å². The molecule has 2 N–H and O–H groups in total. The van der Waals surface area contributed by atoms with Gasteiger partial charge in [0.2, 0.25) is 0 Å². The van der Waals surface area contributed by atoms with Crippen LogP contribution in [0, 0.1) is 5.92 Å². The molecule has 1 aliphatic rings. The van der Waals surface area contributed by atoms with Gasteiger partial charge >= 0.3 is 6.09 Å². The van der Waals surface area contributed by atoms with Crippen molar-refractivity contribution < 1.29 is 13.9 Å². The van der Waals surface area contributed by atoms with Crippen LogP contribution in [-0.4, -0.2) is 30.3 Å². The molecule has 23 heavy (non-hydrogen) atoms. The smallest absolute Gasteiger partial charge is 0.407 e. The van der Waals surface area contributed by atoms with E-state index in [0.717, 1.165) is 25.0 Å². The predicted octanol–water partition coefficient (Wildman–Crippen LogP) is 3.49. The number of carbonyl (C=O) groups is 1. The fourth-order valence-electron chi connectivity index (χ4n) is 3.18. The van der Waals surface area contributed by atoms with E-state index in [1.807, 2.05) is 32.9 Å². The molecule has 3 unspecified atom stereocenters. The van der Waals surface area contributed by atoms with E-state index in [1.54, 1.807) is 6.26 Å². The van der Waals surface area contributed by atoms with Crippen LogP contribution in [0.3, 0.4) is 0 Å². The van der Waals surface area contributed by atoms with Gasteiger partial charge in [-0.1, -0.05) is 6.42 Å². The molecule has 5 nitrogen and oxygen atoms in total. The van der Waals surface area contributed by atoms with Gasteiger partial charge in [-0.25, -0.2) is 4.79 Å². The highest BCUT2D eigenvalue weighted by Crippen LogP contribution is 2.26. The lowest BCUT2D eigenvalue weighted by Gasteiger charge is -2.26. The summed E-state index contributed by atoms with van der Waals surface area (Å²) in [7, 11) is 0. The van der Waals surface area contributed by atoms with Crippen LogP contribution in [-0.2, 0) is 11.2 Å². The molecule has 130 valence electrons. The van der Waals surface area contributed by atoms with Crippen LogP contribution in [0.15, 0.2) is 22.8 Å². The Kier molecular flexibility index (Phi) is 6.10. The lowest BCUT2D eigenvalue weighted by atomic mass is 10.0. The molecule has 0 spiro atoms. The Hall–Kier alpha value is -1.49. The van der Waals surface area contributed by atoms with Crippen molar-refractivity contribution in [1.29, 1.82) is 0 Å². The third-order valence-corrected chi connectivity index (χ3v) is 4.15. The summed E-state index contributed by atoms with van der Waals surface area (Å²) < 4.78 is 10.7. The summed E-state index contributed by atoms with van der Waals surface area (Å²) >= 11 is 0. The Morgan fingerprint density at radius 3 is 2.87 bits per heavy atom. The topological polar surface area (TPSA) is 63.5 Å². The second-order valence-electron chi connectivity index (χ2n) is 7.53. The maximum atomic E-state index is 11.8. The summed E-state index contributed by atoms with van der Waals surface area (Å²) in [5, 5.41) is 6.60. The molecule has 1 aromatic heterocycles. The van der Waals surface area contributed by atoms with E-state index >= 15 is 0 Å². The minimum absolute atomic E-state index is 0.327. The van der Waals surface area contributed by atoms with Crippen LogP contribution < -0.4 is 10.6 Å². The zero-order chi connectivity index (χ0) is 16.9. The number of rotatable bonds is 6. The third-order valence-electron chi connectivity index (χ3n) is 4.15. The number of furan rings is 1. The van der Waals surface area contributed by atoms with Crippen molar-refractivity contribution >= 4 is 6.09 Å². The number of ether oxygens (including phenoxy) is 1. The Labute approximate surface area is 139 Å². The zero-order valence-corrected chi connectivity index (χ0v) is 14.7. The van der Waals surface area contributed by atoms with E-state index < -0.39 is 5.60 Å². The van der Waals surface area contributed by atoms with Crippen molar-refractivity contribution in [3.05, 3.63) is 24.2 Å². The van der Waals surface area contributed by atoms with Crippen LogP contribution in [0.25, 0.3) is 0 Å². The molecule has 0 radical (unpaired) electrons. The molecule has 0 saturated heterocycles. The van der Waals surface area contributed by atoms with Gasteiger partial charge < -0.3 is 19.8 Å². The molecule has 1 aliphatic carbocycles. The summed E-state index contributed by atoms with van der Waals surface area (Å²) in [4.78, 5) is 11.8. The van der Waals surface area contributed by atoms with Crippen LogP contribution in [0.1, 0.15) is 52.7 Å². The molecule has 1 fully saturated rings. The number of amides is 1. The van der Waals surface area contributed by atoms with E-state index in [2.05, 4.69) is 17.6 Å². The van der Waals surface area contributed by atoms with Crippen LogP contribution in [0.5, 0.6) is 0 Å². The Morgan fingerprint density at radius 2 is 2.22 bits per heavy atom. The average molecular weight is 322 g/mol. The largest absolute Gasteiger partial charge is 0.469 e. The lowest BCUT2D eigenvalue weighted by molar-refractivity contribution is 0.0517. The first-order chi connectivity index (χ1) is 10.8. The van der Waals surface area contributed by atoms with Gasteiger partial charge in [-0.2, -0.15) is 0 Å². The van der Waals surface area contributed by atoms with Crippen molar-refractivity contribution in [2.75, 3.05) is 6.54 Å². The summed E-state index contributed by atoms with van der Waals surface area (Å²) in [6, 6.07) is 4.72. The van der Waals surface area contributed by atoms with Crippen molar-refractivity contribution in [1.82, 2.24) is 10.6 Å². The van der Waals surface area contributed by atoms with Gasteiger partial charge in [0.25, 0.3) is 0 Å². The monoisotopic (exact) mass is 322 g/mol. The van der Waals surface area contributed by atoms with Gasteiger partial charge in [-0.15, -0.1) is 0 Å². The molecule has 0 bridgehead atoms. The Balaban J connectivity index is 1.75. The maximum Gasteiger partial charge on any atom is 0.407 e. The van der Waals surface area contributed by atoms with Crippen LogP contribution in [0.2, 0.25) is 0 Å². The van der Waals surface area contributed by atoms with Gasteiger partial charge in [-0.05, 0) is 58.6 Å². The maximum absolute atomic E-state index is 11.8. The number of carbonyl (C=O) groups excluding carboxylic acids is 1. The van der Waals surface area contributed by atoms with E-state index in [-0.39, 0.29) is 6.09 Å². The molecule has 5 heteroatoms. The van der Waals surface area contributed by atoms with Gasteiger partial charge in [0.15, 0.2) is 0 Å². The van der Waals surface area contributed by atoms with Crippen molar-refractivity contribution in [2.24, 2.45) is 5.92 Å². The quantitative estimate of drug-likeness (QED) is 0.841. The fourth-order valence-corrected chi connectivity index (χ4v) is 3.18. The molecule has 3 atom stereocenters. The molecule has 1 amide bonds. The lowest BCUT2D eigenvalue weighted by Crippen LogP contribution is -2.44. The Bertz CT molecular complexity index is 479. The minimum atomic E-state index is -0.449. The first-order valence-electron chi connectivity index (χ1n) is 8.59. The molecule has 1 saturated carbocycles. The SMILES string of the molecule is CC(Cc1ccco1)NC1CCCC1CNC(=O)OC(C)(C)C. The highest BCUT2D eigenvalue weighted by atomic mass is 16.6. The van der Waals surface area contributed by atoms with Gasteiger partial charge in [0, 0.05) is 25.0 Å². The summed E-state index contributed by atoms with van der Waals surface area (Å²) in [6.07, 6.45) is 5.77. The molecule has 1 aromatic rings. The second kappa shape index (κ2) is 7.86. The van der Waals surface area contributed by atoms with Gasteiger partial charge in [0.1, 0.15) is 11.4 Å². The second-order valence-corrected chi connectivity index (χ2v) is 7.53. The molecule has 2 rings (SSSR count). The normalized spacial score (nSPS) is 22.8. The summed E-state index contributed by atoms with van der Waals surface area (Å²) in [5.74, 6) is 1.47. The molecule has 0 aliphatic heterocycles. The molecule has 1 heterocycles. The predicted molar refractivity (Wildman–Crippen MR) is 90.4 cm³/mol. The van der Waals surface area contributed by atoms with Crippen molar-refractivity contribution in [3.8, 4) is 0 Å². The van der Waals surface area contributed by atoms with E-state index in [1.165, 1.54) is 6.42 Å². The number of alkyl carbamates (subject to hydrolysis) is 1. The van der Waals surface area contributed by atoms with Crippen molar-refractivity contribution in [2.45, 2.75) is 71.1 Å². The summed E-state index contributed by atoms with van der Waals surface area (Å²) in [6.45, 7) is 8.48. The first kappa shape index (κ1) is 17.9. The average Bonchev–Trinajstić information content (AvgIpc) is 3.06. The molecular formula is C18H30N2O3. The Morgan fingerprint density at radius 1 is 1.43 bits per heavy atom. The van der Waals surface area contributed by atoms with E-state index in [4.69, 9.17) is 9.15 Å². The van der Waals surface area contributed by atoms with Gasteiger partial charge in [0.05, 0.1) is 6.26 Å². The third kappa shape index (κ3) is 6.26. The molecular weight excluding hydrogens is 292 g/mol. The number of hydrogen-bond acceptors (Lipinski definition) is 4. The first-order valence-corrected chi connectivity index (χ1v) is 8.59. The van der Waals surface area contributed by atoms with E-state index in [0.29, 0.717) is 24.5 Å². The number of hydrogen-bond donors (Lipinski definition) is 2.